The van der Waals surface area contributed by atoms with E-state index in [0.29, 0.717) is 6.42 Å². The fourth-order valence-corrected chi connectivity index (χ4v) is 3.05. The number of rotatable bonds is 2. The van der Waals surface area contributed by atoms with Crippen LogP contribution in [0.3, 0.4) is 0 Å². The Balaban J connectivity index is 2.35. The standard InChI is InChI=1S/C9H13NO4/c1-8(6(11)12)4-2-5(8)9(10,3-4)7(13)14/h4-5H,2-3,10H2,1H3,(H,11,12)(H,13,14). The summed E-state index contributed by atoms with van der Waals surface area (Å²) >= 11 is 0. The summed E-state index contributed by atoms with van der Waals surface area (Å²) in [5.74, 6) is -2.50. The molecule has 14 heavy (non-hydrogen) atoms. The second kappa shape index (κ2) is 2.28. The molecule has 5 nitrogen and oxygen atoms in total. The maximum absolute atomic E-state index is 11.0. The molecular weight excluding hydrogens is 186 g/mol. The van der Waals surface area contributed by atoms with Gasteiger partial charge in [-0.15, -0.1) is 0 Å². The fraction of sp³-hybridized carbons (Fsp3) is 0.778. The summed E-state index contributed by atoms with van der Waals surface area (Å²) in [6.45, 7) is 1.60. The van der Waals surface area contributed by atoms with Gasteiger partial charge in [0.05, 0.1) is 5.41 Å². The summed E-state index contributed by atoms with van der Waals surface area (Å²) in [5, 5.41) is 18.0. The van der Waals surface area contributed by atoms with Gasteiger partial charge in [-0.3, -0.25) is 9.59 Å². The molecule has 3 saturated carbocycles. The fourth-order valence-electron chi connectivity index (χ4n) is 3.05. The molecule has 0 amide bonds. The predicted molar refractivity (Wildman–Crippen MR) is 46.5 cm³/mol. The van der Waals surface area contributed by atoms with Crippen LogP contribution < -0.4 is 5.73 Å². The van der Waals surface area contributed by atoms with Crippen molar-refractivity contribution in [2.45, 2.75) is 25.3 Å². The van der Waals surface area contributed by atoms with Crippen LogP contribution in [0, 0.1) is 17.3 Å². The van der Waals surface area contributed by atoms with E-state index in [9.17, 15) is 9.59 Å². The molecule has 0 aromatic heterocycles. The van der Waals surface area contributed by atoms with Crippen molar-refractivity contribution in [3.63, 3.8) is 0 Å². The molecule has 0 heterocycles. The molecule has 5 heteroatoms. The summed E-state index contributed by atoms with van der Waals surface area (Å²) in [5.41, 5.74) is 3.49. The second-order valence-corrected chi connectivity index (χ2v) is 4.62. The molecule has 2 bridgehead atoms. The Labute approximate surface area is 80.9 Å². The molecule has 3 rings (SSSR count). The van der Waals surface area contributed by atoms with E-state index in [-0.39, 0.29) is 12.3 Å². The molecule has 78 valence electrons. The largest absolute Gasteiger partial charge is 0.481 e. The third kappa shape index (κ3) is 0.744. The van der Waals surface area contributed by atoms with Crippen LogP contribution in [-0.4, -0.2) is 27.7 Å². The number of fused-ring (bicyclic) bond motifs is 1. The van der Waals surface area contributed by atoms with E-state index in [1.165, 1.54) is 0 Å². The lowest BCUT2D eigenvalue weighted by Gasteiger charge is -2.45. The van der Waals surface area contributed by atoms with E-state index in [1.54, 1.807) is 6.92 Å². The number of nitrogens with two attached hydrogens (primary N) is 1. The van der Waals surface area contributed by atoms with Crippen molar-refractivity contribution in [2.75, 3.05) is 0 Å². The van der Waals surface area contributed by atoms with E-state index in [1.807, 2.05) is 0 Å². The topological polar surface area (TPSA) is 101 Å². The van der Waals surface area contributed by atoms with Gasteiger partial charge < -0.3 is 15.9 Å². The zero-order valence-corrected chi connectivity index (χ0v) is 7.86. The quantitative estimate of drug-likeness (QED) is 0.576. The SMILES string of the molecule is CC1(C(=O)O)C2CC1C(N)(C(=O)O)C2. The minimum absolute atomic E-state index is 0.0777. The number of hydrogen-bond donors (Lipinski definition) is 3. The monoisotopic (exact) mass is 199 g/mol. The van der Waals surface area contributed by atoms with E-state index in [0.717, 1.165) is 0 Å². The molecule has 3 aliphatic rings. The minimum atomic E-state index is -1.32. The lowest BCUT2D eigenvalue weighted by atomic mass is 9.58. The van der Waals surface area contributed by atoms with Crippen molar-refractivity contribution in [1.29, 1.82) is 0 Å². The smallest absolute Gasteiger partial charge is 0.324 e. The lowest BCUT2D eigenvalue weighted by Crippen LogP contribution is -2.57. The van der Waals surface area contributed by atoms with Crippen LogP contribution in [0.4, 0.5) is 0 Å². The third-order valence-corrected chi connectivity index (χ3v) is 4.16. The average molecular weight is 199 g/mol. The molecule has 0 spiro atoms. The highest BCUT2D eigenvalue weighted by molar-refractivity contribution is 5.86. The van der Waals surface area contributed by atoms with Gasteiger partial charge in [-0.25, -0.2) is 0 Å². The first-order chi connectivity index (χ1) is 6.33. The van der Waals surface area contributed by atoms with Gasteiger partial charge in [0.1, 0.15) is 5.54 Å². The second-order valence-electron chi connectivity index (χ2n) is 4.62. The zero-order valence-electron chi connectivity index (χ0n) is 7.86. The Morgan fingerprint density at radius 1 is 1.36 bits per heavy atom. The predicted octanol–water partition coefficient (Wildman–Crippen LogP) is -0.101. The van der Waals surface area contributed by atoms with Crippen LogP contribution in [0.15, 0.2) is 0 Å². The number of carbonyl (C=O) groups is 2. The van der Waals surface area contributed by atoms with E-state index in [4.69, 9.17) is 15.9 Å². The van der Waals surface area contributed by atoms with Gasteiger partial charge in [0.2, 0.25) is 0 Å². The summed E-state index contributed by atoms with van der Waals surface area (Å²) in [6, 6.07) is 0. The highest BCUT2D eigenvalue weighted by Gasteiger charge is 2.72. The van der Waals surface area contributed by atoms with Gasteiger partial charge in [0.15, 0.2) is 0 Å². The normalized spacial score (nSPS) is 49.9. The van der Waals surface area contributed by atoms with Crippen LogP contribution in [-0.2, 0) is 9.59 Å². The first-order valence-electron chi connectivity index (χ1n) is 4.59. The van der Waals surface area contributed by atoms with E-state index < -0.39 is 28.8 Å². The highest BCUT2D eigenvalue weighted by Crippen LogP contribution is 2.65. The van der Waals surface area contributed by atoms with Gasteiger partial charge in [-0.1, -0.05) is 0 Å². The minimum Gasteiger partial charge on any atom is -0.481 e. The number of carboxylic acid groups (broad SMARTS) is 2. The summed E-state index contributed by atoms with van der Waals surface area (Å²) < 4.78 is 0. The van der Waals surface area contributed by atoms with Crippen LogP contribution in [0.25, 0.3) is 0 Å². The Morgan fingerprint density at radius 2 is 1.93 bits per heavy atom. The molecule has 3 fully saturated rings. The molecule has 4 unspecified atom stereocenters. The van der Waals surface area contributed by atoms with Gasteiger partial charge in [0.25, 0.3) is 0 Å². The van der Waals surface area contributed by atoms with Crippen molar-refractivity contribution in [3.05, 3.63) is 0 Å². The van der Waals surface area contributed by atoms with E-state index >= 15 is 0 Å². The van der Waals surface area contributed by atoms with Crippen LogP contribution in [0.2, 0.25) is 0 Å². The van der Waals surface area contributed by atoms with Crippen LogP contribution in [0.1, 0.15) is 19.8 Å². The highest BCUT2D eigenvalue weighted by atomic mass is 16.4. The molecule has 0 aromatic carbocycles. The summed E-state index contributed by atoms with van der Waals surface area (Å²) in [6.07, 6.45) is 0.918. The number of carboxylic acids is 2. The number of hydrogen-bond acceptors (Lipinski definition) is 3. The van der Waals surface area contributed by atoms with Gasteiger partial charge in [0, 0.05) is 5.92 Å². The molecule has 4 atom stereocenters. The molecule has 0 aromatic rings. The first-order valence-corrected chi connectivity index (χ1v) is 4.59. The maximum Gasteiger partial charge on any atom is 0.324 e. The van der Waals surface area contributed by atoms with Crippen molar-refractivity contribution in [3.8, 4) is 0 Å². The average Bonchev–Trinajstić information content (AvgIpc) is 2.54. The van der Waals surface area contributed by atoms with Crippen molar-refractivity contribution in [1.82, 2.24) is 0 Å². The van der Waals surface area contributed by atoms with Crippen LogP contribution in [0.5, 0.6) is 0 Å². The zero-order chi connectivity index (χ0) is 10.7. The molecular formula is C9H13NO4. The van der Waals surface area contributed by atoms with Crippen LogP contribution >= 0.6 is 0 Å². The van der Waals surface area contributed by atoms with Crippen molar-refractivity contribution < 1.29 is 19.8 Å². The molecule has 0 radical (unpaired) electrons. The van der Waals surface area contributed by atoms with Gasteiger partial charge in [-0.05, 0) is 25.7 Å². The Morgan fingerprint density at radius 3 is 2.21 bits per heavy atom. The molecule has 0 aliphatic heterocycles. The third-order valence-electron chi connectivity index (χ3n) is 4.16. The molecule has 4 N–H and O–H groups in total. The summed E-state index contributed by atoms with van der Waals surface area (Å²) in [4.78, 5) is 22.0. The first kappa shape index (κ1) is 9.45. The molecule has 0 saturated heterocycles. The van der Waals surface area contributed by atoms with E-state index in [2.05, 4.69) is 0 Å². The Hall–Kier alpha value is -1.10. The Kier molecular flexibility index (Phi) is 1.54. The summed E-state index contributed by atoms with van der Waals surface area (Å²) in [7, 11) is 0. The Bertz CT molecular complexity index is 309. The van der Waals surface area contributed by atoms with Gasteiger partial charge >= 0.3 is 11.9 Å². The number of aliphatic carboxylic acids is 2. The maximum atomic E-state index is 11.0. The lowest BCUT2D eigenvalue weighted by molar-refractivity contribution is -0.164. The van der Waals surface area contributed by atoms with Crippen molar-refractivity contribution in [2.24, 2.45) is 23.0 Å². The van der Waals surface area contributed by atoms with Gasteiger partial charge in [-0.2, -0.15) is 0 Å². The van der Waals surface area contributed by atoms with Crippen molar-refractivity contribution >= 4 is 11.9 Å². The molecule has 3 aliphatic carbocycles.